The molecule has 176 valence electrons. The van der Waals surface area contributed by atoms with Gasteiger partial charge in [0, 0.05) is 60.6 Å². The summed E-state index contributed by atoms with van der Waals surface area (Å²) in [5.74, 6) is 1.45. The lowest BCUT2D eigenvalue weighted by Gasteiger charge is -2.35. The van der Waals surface area contributed by atoms with Crippen molar-refractivity contribution >= 4 is 28.9 Å². The molecular formula is C25H27ClFN7. The maximum Gasteiger partial charge on any atom is 0.254 e. The number of hydrogen-bond donors (Lipinski definition) is 1. The highest BCUT2D eigenvalue weighted by atomic mass is 35.5. The maximum atomic E-state index is 14.3. The van der Waals surface area contributed by atoms with E-state index in [9.17, 15) is 4.39 Å². The van der Waals surface area contributed by atoms with E-state index in [0.717, 1.165) is 44.0 Å². The summed E-state index contributed by atoms with van der Waals surface area (Å²) in [6.07, 6.45) is 0. The number of fused-ring (bicyclic) bond motifs is 1. The average Bonchev–Trinajstić information content (AvgIpc) is 3.24. The summed E-state index contributed by atoms with van der Waals surface area (Å²) < 4.78 is 15.9. The van der Waals surface area contributed by atoms with Crippen molar-refractivity contribution in [3.05, 3.63) is 70.8 Å². The van der Waals surface area contributed by atoms with Crippen molar-refractivity contribution in [2.75, 3.05) is 42.9 Å². The molecule has 0 spiro atoms. The normalized spacial score (nSPS) is 14.6. The topological polar surface area (TPSA) is 61.6 Å². The Hall–Kier alpha value is -3.23. The monoisotopic (exact) mass is 479 g/mol. The Morgan fingerprint density at radius 3 is 2.47 bits per heavy atom. The molecule has 4 aromatic rings. The van der Waals surface area contributed by atoms with E-state index in [0.29, 0.717) is 28.0 Å². The molecule has 0 unspecified atom stereocenters. The molecule has 1 saturated heterocycles. The minimum absolute atomic E-state index is 0.281. The average molecular weight is 480 g/mol. The Kier molecular flexibility index (Phi) is 6.34. The number of piperazine rings is 1. The zero-order chi connectivity index (χ0) is 23.7. The number of aromatic nitrogens is 4. The molecule has 2 aromatic carbocycles. The lowest BCUT2D eigenvalue weighted by Crippen LogP contribution is -2.46. The van der Waals surface area contributed by atoms with E-state index < -0.39 is 0 Å². The zero-order valence-corrected chi connectivity index (χ0v) is 20.1. The SMILES string of the molecule is CCN1CCN(c2ccc(-c3cc(NCc4ccc(Cl)cc4F)n4nc(C)nc4n3)cc2)CC1. The van der Waals surface area contributed by atoms with E-state index >= 15 is 0 Å². The largest absolute Gasteiger partial charge is 0.369 e. The third-order valence-electron chi connectivity index (χ3n) is 6.24. The summed E-state index contributed by atoms with van der Waals surface area (Å²) in [6, 6.07) is 15.1. The Balaban J connectivity index is 1.40. The van der Waals surface area contributed by atoms with Gasteiger partial charge >= 0.3 is 0 Å². The molecular weight excluding hydrogens is 453 g/mol. The van der Waals surface area contributed by atoms with Crippen LogP contribution in [0.15, 0.2) is 48.5 Å². The molecule has 7 nitrogen and oxygen atoms in total. The summed E-state index contributed by atoms with van der Waals surface area (Å²) in [7, 11) is 0. The molecule has 3 heterocycles. The summed E-state index contributed by atoms with van der Waals surface area (Å²) in [5.41, 5.74) is 3.50. The molecule has 5 rings (SSSR count). The van der Waals surface area contributed by atoms with Gasteiger partial charge in [-0.1, -0.05) is 36.7 Å². The number of nitrogens with zero attached hydrogens (tertiary/aromatic N) is 6. The van der Waals surface area contributed by atoms with Crippen molar-refractivity contribution in [3.63, 3.8) is 0 Å². The second kappa shape index (κ2) is 9.56. The van der Waals surface area contributed by atoms with Crippen molar-refractivity contribution < 1.29 is 4.39 Å². The van der Waals surface area contributed by atoms with Crippen LogP contribution in [-0.2, 0) is 6.54 Å². The van der Waals surface area contributed by atoms with Gasteiger partial charge < -0.3 is 15.1 Å². The van der Waals surface area contributed by atoms with Crippen molar-refractivity contribution in [1.29, 1.82) is 0 Å². The van der Waals surface area contributed by atoms with Gasteiger partial charge in [-0.3, -0.25) is 0 Å². The Morgan fingerprint density at radius 1 is 1.00 bits per heavy atom. The van der Waals surface area contributed by atoms with Crippen LogP contribution in [-0.4, -0.2) is 57.2 Å². The number of aryl methyl sites for hydroxylation is 1. The Bertz CT molecular complexity index is 1300. The fourth-order valence-corrected chi connectivity index (χ4v) is 4.42. The van der Waals surface area contributed by atoms with Crippen LogP contribution in [0, 0.1) is 12.7 Å². The standard InChI is InChI=1S/C25H27ClFN7/c1-3-32-10-12-33(13-11-32)21-8-5-18(6-9-21)23-15-24(34-25(30-23)29-17(2)31-34)28-16-19-4-7-20(26)14-22(19)27/h4-9,14-15,28H,3,10-13,16H2,1-2H3. The zero-order valence-electron chi connectivity index (χ0n) is 19.3. The third kappa shape index (κ3) is 4.69. The minimum atomic E-state index is -0.351. The molecule has 0 atom stereocenters. The highest BCUT2D eigenvalue weighted by molar-refractivity contribution is 6.30. The number of anilines is 2. The number of rotatable bonds is 6. The smallest absolute Gasteiger partial charge is 0.254 e. The number of halogens is 2. The molecule has 0 amide bonds. The van der Waals surface area contributed by atoms with Crippen LogP contribution in [0.4, 0.5) is 15.9 Å². The lowest BCUT2D eigenvalue weighted by molar-refractivity contribution is 0.271. The van der Waals surface area contributed by atoms with E-state index in [1.54, 1.807) is 16.6 Å². The Labute approximate surface area is 203 Å². The lowest BCUT2D eigenvalue weighted by atomic mass is 10.1. The predicted molar refractivity (Wildman–Crippen MR) is 134 cm³/mol. The fourth-order valence-electron chi connectivity index (χ4n) is 4.26. The van der Waals surface area contributed by atoms with Gasteiger partial charge in [-0.15, -0.1) is 5.10 Å². The van der Waals surface area contributed by atoms with Gasteiger partial charge in [0.2, 0.25) is 0 Å². The molecule has 1 N–H and O–H groups in total. The second-order valence-electron chi connectivity index (χ2n) is 8.45. The highest BCUT2D eigenvalue weighted by Crippen LogP contribution is 2.26. The first kappa shape index (κ1) is 22.6. The van der Waals surface area contributed by atoms with Crippen LogP contribution in [0.5, 0.6) is 0 Å². The van der Waals surface area contributed by atoms with E-state index in [1.165, 1.54) is 11.8 Å². The van der Waals surface area contributed by atoms with Gasteiger partial charge in [0.1, 0.15) is 17.5 Å². The molecule has 2 aromatic heterocycles. The summed E-state index contributed by atoms with van der Waals surface area (Å²) >= 11 is 5.88. The number of benzene rings is 2. The van der Waals surface area contributed by atoms with E-state index in [-0.39, 0.29) is 12.4 Å². The number of likely N-dealkylation sites (N-methyl/N-ethyl adjacent to an activating group) is 1. The first-order valence-electron chi connectivity index (χ1n) is 11.5. The molecule has 1 aliphatic rings. The quantitative estimate of drug-likeness (QED) is 0.434. The van der Waals surface area contributed by atoms with E-state index in [4.69, 9.17) is 16.6 Å². The van der Waals surface area contributed by atoms with Crippen LogP contribution in [0.3, 0.4) is 0 Å². The third-order valence-corrected chi connectivity index (χ3v) is 6.48. The highest BCUT2D eigenvalue weighted by Gasteiger charge is 2.16. The second-order valence-corrected chi connectivity index (χ2v) is 8.89. The minimum Gasteiger partial charge on any atom is -0.369 e. The van der Waals surface area contributed by atoms with Crippen molar-refractivity contribution in [2.24, 2.45) is 0 Å². The predicted octanol–water partition coefficient (Wildman–Crippen LogP) is 4.65. The van der Waals surface area contributed by atoms with E-state index in [1.807, 2.05) is 13.0 Å². The maximum absolute atomic E-state index is 14.3. The molecule has 0 aliphatic carbocycles. The van der Waals surface area contributed by atoms with Crippen molar-refractivity contribution in [2.45, 2.75) is 20.4 Å². The fraction of sp³-hybridized carbons (Fsp3) is 0.320. The molecule has 1 fully saturated rings. The van der Waals surface area contributed by atoms with Gasteiger partial charge in [0.25, 0.3) is 5.78 Å². The molecule has 0 radical (unpaired) electrons. The summed E-state index contributed by atoms with van der Waals surface area (Å²) in [5, 5.41) is 8.10. The van der Waals surface area contributed by atoms with Gasteiger partial charge in [0.15, 0.2) is 0 Å². The van der Waals surface area contributed by atoms with Gasteiger partial charge in [-0.05, 0) is 37.7 Å². The molecule has 9 heteroatoms. The van der Waals surface area contributed by atoms with Crippen molar-refractivity contribution in [1.82, 2.24) is 24.5 Å². The van der Waals surface area contributed by atoms with Gasteiger partial charge in [-0.2, -0.15) is 9.50 Å². The van der Waals surface area contributed by atoms with Crippen LogP contribution in [0.25, 0.3) is 17.0 Å². The van der Waals surface area contributed by atoms with Gasteiger partial charge in [0.05, 0.1) is 5.69 Å². The molecule has 1 aliphatic heterocycles. The first-order chi connectivity index (χ1) is 16.5. The van der Waals surface area contributed by atoms with Crippen LogP contribution in [0.2, 0.25) is 5.02 Å². The number of hydrogen-bond acceptors (Lipinski definition) is 6. The van der Waals surface area contributed by atoms with Crippen LogP contribution >= 0.6 is 11.6 Å². The van der Waals surface area contributed by atoms with E-state index in [2.05, 4.69) is 56.4 Å². The molecule has 0 bridgehead atoms. The summed E-state index contributed by atoms with van der Waals surface area (Å²) in [6.45, 7) is 9.66. The number of nitrogens with one attached hydrogen (secondary N) is 1. The van der Waals surface area contributed by atoms with Gasteiger partial charge in [-0.25, -0.2) is 9.37 Å². The van der Waals surface area contributed by atoms with Crippen LogP contribution < -0.4 is 10.2 Å². The van der Waals surface area contributed by atoms with Crippen LogP contribution in [0.1, 0.15) is 18.3 Å². The summed E-state index contributed by atoms with van der Waals surface area (Å²) in [4.78, 5) is 14.0. The molecule has 0 saturated carbocycles. The first-order valence-corrected chi connectivity index (χ1v) is 11.9. The Morgan fingerprint density at radius 2 is 1.76 bits per heavy atom. The molecule has 34 heavy (non-hydrogen) atoms. The van der Waals surface area contributed by atoms with Crippen molar-refractivity contribution in [3.8, 4) is 11.3 Å².